The van der Waals surface area contributed by atoms with E-state index in [2.05, 4.69) is 16.0 Å². The molecule has 0 heterocycles. The van der Waals surface area contributed by atoms with Crippen molar-refractivity contribution in [3.63, 3.8) is 0 Å². The van der Waals surface area contributed by atoms with Crippen molar-refractivity contribution in [2.75, 3.05) is 6.61 Å². The van der Waals surface area contributed by atoms with E-state index in [9.17, 15) is 33.9 Å². The monoisotopic (exact) mass is 460 g/mol. The summed E-state index contributed by atoms with van der Waals surface area (Å²) in [6.07, 6.45) is -1.08. The van der Waals surface area contributed by atoms with E-state index in [4.69, 9.17) is 22.3 Å². The van der Waals surface area contributed by atoms with E-state index >= 15 is 0 Å². The normalized spacial score (nSPS) is 14.5. The van der Waals surface area contributed by atoms with E-state index in [0.29, 0.717) is 0 Å². The van der Waals surface area contributed by atoms with Crippen LogP contribution in [0.25, 0.3) is 0 Å². The minimum absolute atomic E-state index is 0.201. The van der Waals surface area contributed by atoms with Crippen molar-refractivity contribution in [1.82, 2.24) is 16.0 Å². The predicted octanol–water partition coefficient (Wildman–Crippen LogP) is -3.97. The Morgan fingerprint density at radius 3 is 1.56 bits per heavy atom. The number of aliphatic hydroxyl groups excluding tert-OH is 1. The Kier molecular flexibility index (Phi) is 12.5. The van der Waals surface area contributed by atoms with Crippen molar-refractivity contribution < 1.29 is 39.0 Å². The van der Waals surface area contributed by atoms with Crippen molar-refractivity contribution in [1.29, 1.82) is 0 Å². The van der Waals surface area contributed by atoms with Gasteiger partial charge in [-0.1, -0.05) is 13.8 Å². The second-order valence-electron chi connectivity index (χ2n) is 7.48. The highest BCUT2D eigenvalue weighted by Crippen LogP contribution is 2.04. The lowest BCUT2D eigenvalue weighted by Gasteiger charge is -2.24. The van der Waals surface area contributed by atoms with Crippen molar-refractivity contribution in [3.8, 4) is 0 Å². The number of nitrogens with two attached hydrogens (primary N) is 3. The minimum Gasteiger partial charge on any atom is -0.480 e. The molecule has 0 aromatic rings. The summed E-state index contributed by atoms with van der Waals surface area (Å²) >= 11 is 0. The molecule has 11 N–H and O–H groups in total. The smallest absolute Gasteiger partial charge is 0.326 e. The SMILES string of the molecule is CC(C)C(N)C(=O)NC(CCC(N)=O)C(=O)NC(CO)C(=O)NC(CCC(N)=O)C(=O)O. The number of carbonyl (C=O) groups is 6. The Morgan fingerprint density at radius 1 is 0.750 bits per heavy atom. The van der Waals surface area contributed by atoms with Gasteiger partial charge in [0.2, 0.25) is 29.5 Å². The largest absolute Gasteiger partial charge is 0.480 e. The third kappa shape index (κ3) is 10.7. The molecule has 0 spiro atoms. The third-order valence-corrected chi connectivity index (χ3v) is 4.44. The van der Waals surface area contributed by atoms with Crippen LogP contribution in [0.2, 0.25) is 0 Å². The van der Waals surface area contributed by atoms with Crippen molar-refractivity contribution in [2.45, 2.75) is 63.7 Å². The van der Waals surface area contributed by atoms with E-state index in [1.807, 2.05) is 0 Å². The molecule has 14 heteroatoms. The second-order valence-corrected chi connectivity index (χ2v) is 7.48. The summed E-state index contributed by atoms with van der Waals surface area (Å²) < 4.78 is 0. The third-order valence-electron chi connectivity index (χ3n) is 4.44. The molecule has 4 unspecified atom stereocenters. The van der Waals surface area contributed by atoms with Gasteiger partial charge in [0, 0.05) is 12.8 Å². The van der Waals surface area contributed by atoms with Crippen molar-refractivity contribution in [2.24, 2.45) is 23.1 Å². The van der Waals surface area contributed by atoms with E-state index in [1.54, 1.807) is 13.8 Å². The fraction of sp³-hybridized carbons (Fsp3) is 0.667. The number of hydrogen-bond donors (Lipinski definition) is 8. The average Bonchev–Trinajstić information content (AvgIpc) is 2.70. The Balaban J connectivity index is 5.30. The molecule has 182 valence electrons. The number of carbonyl (C=O) groups excluding carboxylic acids is 5. The van der Waals surface area contributed by atoms with Crippen LogP contribution in [-0.2, 0) is 28.8 Å². The van der Waals surface area contributed by atoms with E-state index < -0.39 is 66.3 Å². The van der Waals surface area contributed by atoms with Crippen LogP contribution in [-0.4, -0.2) is 76.5 Å². The first-order chi connectivity index (χ1) is 14.8. The van der Waals surface area contributed by atoms with Gasteiger partial charge >= 0.3 is 5.97 Å². The molecule has 0 saturated heterocycles. The molecule has 4 atom stereocenters. The Morgan fingerprint density at radius 2 is 1.16 bits per heavy atom. The molecule has 0 bridgehead atoms. The Hall–Kier alpha value is -3.26. The molecule has 0 aliphatic rings. The fourth-order valence-electron chi connectivity index (χ4n) is 2.41. The number of rotatable bonds is 15. The fourth-order valence-corrected chi connectivity index (χ4v) is 2.41. The number of carboxylic acids is 1. The maximum Gasteiger partial charge on any atom is 0.326 e. The highest BCUT2D eigenvalue weighted by molar-refractivity contribution is 5.94. The van der Waals surface area contributed by atoms with E-state index in [1.165, 1.54) is 0 Å². The zero-order valence-corrected chi connectivity index (χ0v) is 18.0. The first-order valence-corrected chi connectivity index (χ1v) is 9.87. The second kappa shape index (κ2) is 13.9. The Bertz CT molecular complexity index is 714. The molecule has 0 rings (SSSR count). The van der Waals surface area contributed by atoms with Crippen molar-refractivity contribution >= 4 is 35.5 Å². The summed E-state index contributed by atoms with van der Waals surface area (Å²) in [5.74, 6) is -5.85. The number of hydrogen-bond acceptors (Lipinski definition) is 8. The number of primary amides is 2. The molecule has 14 nitrogen and oxygen atoms in total. The van der Waals surface area contributed by atoms with Crippen LogP contribution in [0.3, 0.4) is 0 Å². The maximum atomic E-state index is 12.6. The standard InChI is InChI=1S/C18H32N6O8/c1-8(2)14(21)17(30)22-9(3-5-12(19)26)15(28)24-11(7-25)16(29)23-10(18(31)32)4-6-13(20)27/h8-11,14,25H,3-7,21H2,1-2H3,(H2,19,26)(H2,20,27)(H,22,30)(H,23,29)(H,24,28)(H,31,32). The van der Waals surface area contributed by atoms with Gasteiger partial charge < -0.3 is 43.4 Å². The van der Waals surface area contributed by atoms with Crippen LogP contribution in [0.1, 0.15) is 39.5 Å². The van der Waals surface area contributed by atoms with Crippen LogP contribution < -0.4 is 33.2 Å². The number of aliphatic hydroxyl groups is 1. The number of nitrogens with one attached hydrogen (secondary N) is 3. The molecule has 0 aromatic carbocycles. The van der Waals surface area contributed by atoms with Gasteiger partial charge in [0.15, 0.2) is 0 Å². The molecule has 0 aromatic heterocycles. The van der Waals surface area contributed by atoms with E-state index in [0.717, 1.165) is 0 Å². The zero-order chi connectivity index (χ0) is 25.0. The number of carboxylic acid groups (broad SMARTS) is 1. The highest BCUT2D eigenvalue weighted by atomic mass is 16.4. The molecular formula is C18H32N6O8. The maximum absolute atomic E-state index is 12.6. The lowest BCUT2D eigenvalue weighted by Crippen LogP contribution is -2.58. The number of amides is 5. The summed E-state index contributed by atoms with van der Waals surface area (Å²) in [7, 11) is 0. The van der Waals surface area contributed by atoms with Gasteiger partial charge in [0.05, 0.1) is 12.6 Å². The van der Waals surface area contributed by atoms with Crippen molar-refractivity contribution in [3.05, 3.63) is 0 Å². The molecular weight excluding hydrogens is 428 g/mol. The Labute approximate surface area is 184 Å². The van der Waals surface area contributed by atoms with Crippen LogP contribution in [0.15, 0.2) is 0 Å². The molecule has 0 aliphatic carbocycles. The van der Waals surface area contributed by atoms with Gasteiger partial charge in [-0.3, -0.25) is 24.0 Å². The van der Waals surface area contributed by atoms with E-state index in [-0.39, 0.29) is 31.6 Å². The van der Waals surface area contributed by atoms with Gasteiger partial charge in [-0.15, -0.1) is 0 Å². The first kappa shape index (κ1) is 28.7. The molecule has 0 fully saturated rings. The highest BCUT2D eigenvalue weighted by Gasteiger charge is 2.30. The quantitative estimate of drug-likeness (QED) is 0.118. The summed E-state index contributed by atoms with van der Waals surface area (Å²) in [5.41, 5.74) is 15.8. The lowest BCUT2D eigenvalue weighted by molar-refractivity contribution is -0.143. The first-order valence-electron chi connectivity index (χ1n) is 9.87. The minimum atomic E-state index is -1.58. The van der Waals surface area contributed by atoms with Gasteiger partial charge in [-0.05, 0) is 18.8 Å². The van der Waals surface area contributed by atoms with Crippen LogP contribution in [0.4, 0.5) is 0 Å². The number of aliphatic carboxylic acids is 1. The average molecular weight is 460 g/mol. The van der Waals surface area contributed by atoms with Gasteiger partial charge in [0.25, 0.3) is 0 Å². The zero-order valence-electron chi connectivity index (χ0n) is 18.0. The summed E-state index contributed by atoms with van der Waals surface area (Å²) in [6, 6.07) is -5.32. The molecule has 0 radical (unpaired) electrons. The van der Waals surface area contributed by atoms with Crippen LogP contribution >= 0.6 is 0 Å². The summed E-state index contributed by atoms with van der Waals surface area (Å²) in [5, 5.41) is 25.3. The van der Waals surface area contributed by atoms with Crippen LogP contribution in [0.5, 0.6) is 0 Å². The van der Waals surface area contributed by atoms with Gasteiger partial charge in [-0.25, -0.2) is 4.79 Å². The lowest BCUT2D eigenvalue weighted by atomic mass is 10.0. The van der Waals surface area contributed by atoms with Gasteiger partial charge in [0.1, 0.15) is 18.1 Å². The predicted molar refractivity (Wildman–Crippen MR) is 110 cm³/mol. The molecule has 32 heavy (non-hydrogen) atoms. The molecule has 0 aliphatic heterocycles. The molecule has 0 saturated carbocycles. The summed E-state index contributed by atoms with van der Waals surface area (Å²) in [4.78, 5) is 70.4. The van der Waals surface area contributed by atoms with Gasteiger partial charge in [-0.2, -0.15) is 0 Å². The molecule has 5 amide bonds. The summed E-state index contributed by atoms with van der Waals surface area (Å²) in [6.45, 7) is 2.47. The van der Waals surface area contributed by atoms with Crippen LogP contribution in [0, 0.1) is 5.92 Å². The topological polar surface area (TPSA) is 257 Å².